The van der Waals surface area contributed by atoms with E-state index in [-0.39, 0.29) is 11.0 Å². The number of para-hydroxylation sites is 2. The van der Waals surface area contributed by atoms with Gasteiger partial charge in [-0.1, -0.05) is 25.0 Å². The molecule has 2 heterocycles. The van der Waals surface area contributed by atoms with Gasteiger partial charge in [0.15, 0.2) is 5.43 Å². The number of fused-ring (bicyclic) bond motifs is 1. The molecule has 1 amide bonds. The Morgan fingerprint density at radius 3 is 2.80 bits per heavy atom. The minimum absolute atomic E-state index is 0.0932. The number of nitrogens with zero attached hydrogens (tertiary/aromatic N) is 2. The summed E-state index contributed by atoms with van der Waals surface area (Å²) in [5.74, 6) is 0.0777. The molecule has 0 unspecified atom stereocenters. The molecule has 0 radical (unpaired) electrons. The lowest BCUT2D eigenvalue weighted by Gasteiger charge is -2.16. The number of benzene rings is 1. The molecule has 0 spiro atoms. The lowest BCUT2D eigenvalue weighted by molar-refractivity contribution is 0.102. The van der Waals surface area contributed by atoms with Gasteiger partial charge in [0.1, 0.15) is 5.56 Å². The summed E-state index contributed by atoms with van der Waals surface area (Å²) in [5.41, 5.74) is 2.39. The van der Waals surface area contributed by atoms with E-state index in [9.17, 15) is 9.59 Å². The Hall–Kier alpha value is -2.89. The van der Waals surface area contributed by atoms with Crippen LogP contribution >= 0.6 is 0 Å². The molecular weight excluding hydrogens is 316 g/mol. The van der Waals surface area contributed by atoms with E-state index in [0.717, 1.165) is 29.6 Å². The first-order valence-corrected chi connectivity index (χ1v) is 8.61. The number of hydrogen-bond acceptors (Lipinski definition) is 3. The predicted molar refractivity (Wildman–Crippen MR) is 97.0 cm³/mol. The molecule has 0 saturated heterocycles. The molecule has 25 heavy (non-hydrogen) atoms. The first-order chi connectivity index (χ1) is 12.1. The maximum absolute atomic E-state index is 12.6. The third-order valence-electron chi connectivity index (χ3n) is 4.81. The number of amides is 1. The van der Waals surface area contributed by atoms with Crippen molar-refractivity contribution in [1.29, 1.82) is 0 Å². The molecule has 1 saturated carbocycles. The van der Waals surface area contributed by atoms with Gasteiger partial charge in [-0.25, -0.2) is 4.98 Å². The minimum Gasteiger partial charge on any atom is -0.364 e. The van der Waals surface area contributed by atoms with Crippen molar-refractivity contribution in [2.75, 3.05) is 5.32 Å². The molecule has 128 valence electrons. The van der Waals surface area contributed by atoms with Crippen molar-refractivity contribution in [1.82, 2.24) is 14.5 Å². The number of nitrogens with one attached hydrogen (secondary N) is 2. The van der Waals surface area contributed by atoms with E-state index in [1.807, 2.05) is 24.3 Å². The van der Waals surface area contributed by atoms with Crippen molar-refractivity contribution in [3.8, 4) is 0 Å². The van der Waals surface area contributed by atoms with Crippen molar-refractivity contribution >= 4 is 22.9 Å². The van der Waals surface area contributed by atoms with Crippen LogP contribution in [0, 0.1) is 6.92 Å². The van der Waals surface area contributed by atoms with Gasteiger partial charge < -0.3 is 9.55 Å². The third-order valence-corrected chi connectivity index (χ3v) is 4.81. The van der Waals surface area contributed by atoms with Crippen LogP contribution in [0.1, 0.15) is 47.8 Å². The molecular formula is C19H20N4O2. The van der Waals surface area contributed by atoms with Gasteiger partial charge >= 0.3 is 0 Å². The molecule has 6 heteroatoms. The number of carbonyl (C=O) groups is 1. The highest BCUT2D eigenvalue weighted by molar-refractivity contribution is 6.03. The summed E-state index contributed by atoms with van der Waals surface area (Å²) >= 11 is 0. The average Bonchev–Trinajstić information content (AvgIpc) is 3.21. The van der Waals surface area contributed by atoms with Gasteiger partial charge in [0, 0.05) is 24.0 Å². The summed E-state index contributed by atoms with van der Waals surface area (Å²) in [7, 11) is 0. The summed E-state index contributed by atoms with van der Waals surface area (Å²) in [5, 5.41) is 2.85. The van der Waals surface area contributed by atoms with Crippen LogP contribution in [-0.2, 0) is 0 Å². The second-order valence-electron chi connectivity index (χ2n) is 6.58. The molecule has 2 N–H and O–H groups in total. The molecule has 1 aliphatic rings. The Morgan fingerprint density at radius 1 is 1.28 bits per heavy atom. The predicted octanol–water partition coefficient (Wildman–Crippen LogP) is 3.40. The molecule has 0 atom stereocenters. The van der Waals surface area contributed by atoms with Crippen LogP contribution in [0.3, 0.4) is 0 Å². The molecule has 1 fully saturated rings. The molecule has 1 aromatic carbocycles. The second kappa shape index (κ2) is 6.20. The summed E-state index contributed by atoms with van der Waals surface area (Å²) in [6, 6.07) is 9.63. The maximum Gasteiger partial charge on any atom is 0.263 e. The number of imidazole rings is 1. The maximum atomic E-state index is 12.6. The summed E-state index contributed by atoms with van der Waals surface area (Å²) < 4.78 is 2.11. The van der Waals surface area contributed by atoms with Crippen LogP contribution in [0.5, 0.6) is 0 Å². The first kappa shape index (κ1) is 15.6. The molecule has 6 nitrogen and oxygen atoms in total. The number of aromatic amines is 1. The number of anilines is 1. The minimum atomic E-state index is -0.434. The Kier molecular flexibility index (Phi) is 3.87. The van der Waals surface area contributed by atoms with Crippen molar-refractivity contribution in [3.05, 3.63) is 58.0 Å². The van der Waals surface area contributed by atoms with E-state index >= 15 is 0 Å². The van der Waals surface area contributed by atoms with Crippen LogP contribution in [0.2, 0.25) is 0 Å². The van der Waals surface area contributed by atoms with Crippen LogP contribution in [0.4, 0.5) is 5.95 Å². The highest BCUT2D eigenvalue weighted by Gasteiger charge is 2.24. The number of carbonyl (C=O) groups excluding carboxylic acids is 1. The van der Waals surface area contributed by atoms with Gasteiger partial charge in [0.05, 0.1) is 11.0 Å². The van der Waals surface area contributed by atoms with E-state index in [1.165, 1.54) is 25.1 Å². The average molecular weight is 336 g/mol. The van der Waals surface area contributed by atoms with Crippen LogP contribution < -0.4 is 10.7 Å². The Morgan fingerprint density at radius 2 is 2.04 bits per heavy atom. The third kappa shape index (κ3) is 2.84. The quantitative estimate of drug-likeness (QED) is 0.769. The van der Waals surface area contributed by atoms with Gasteiger partial charge in [-0.15, -0.1) is 0 Å². The standard InChI is InChI=1S/C19H20N4O2/c1-12-10-17(24)14(11-20-12)18(25)22-19-21-15-8-4-5-9-16(15)23(19)13-6-2-3-7-13/h4-5,8-11,13H,2-3,6-7H2,1H3,(H,20,24)(H,21,22,25). The Bertz CT molecular complexity index is 996. The van der Waals surface area contributed by atoms with E-state index in [4.69, 9.17) is 0 Å². The van der Waals surface area contributed by atoms with Gasteiger partial charge in [-0.2, -0.15) is 0 Å². The number of aryl methyl sites for hydroxylation is 1. The fourth-order valence-electron chi connectivity index (χ4n) is 3.58. The van der Waals surface area contributed by atoms with Crippen molar-refractivity contribution < 1.29 is 4.79 Å². The van der Waals surface area contributed by atoms with Gasteiger partial charge in [-0.05, 0) is 31.9 Å². The van der Waals surface area contributed by atoms with Gasteiger partial charge in [0.2, 0.25) is 5.95 Å². The molecule has 0 aliphatic heterocycles. The molecule has 3 aromatic rings. The van der Waals surface area contributed by atoms with Crippen molar-refractivity contribution in [2.24, 2.45) is 0 Å². The first-order valence-electron chi connectivity index (χ1n) is 8.61. The van der Waals surface area contributed by atoms with E-state index in [1.54, 1.807) is 6.92 Å². The zero-order valence-corrected chi connectivity index (χ0v) is 14.1. The van der Waals surface area contributed by atoms with E-state index in [2.05, 4.69) is 19.9 Å². The highest BCUT2D eigenvalue weighted by Crippen LogP contribution is 2.35. The molecule has 0 bridgehead atoms. The largest absolute Gasteiger partial charge is 0.364 e. The highest BCUT2D eigenvalue weighted by atomic mass is 16.2. The molecule has 4 rings (SSSR count). The Balaban J connectivity index is 1.74. The van der Waals surface area contributed by atoms with Crippen LogP contribution in [0.15, 0.2) is 41.3 Å². The smallest absolute Gasteiger partial charge is 0.263 e. The van der Waals surface area contributed by atoms with Gasteiger partial charge in [0.25, 0.3) is 5.91 Å². The summed E-state index contributed by atoms with van der Waals surface area (Å²) in [6.45, 7) is 1.78. The fourth-order valence-corrected chi connectivity index (χ4v) is 3.58. The number of rotatable bonds is 3. The lowest BCUT2D eigenvalue weighted by atomic mass is 10.2. The van der Waals surface area contributed by atoms with Crippen molar-refractivity contribution in [3.63, 3.8) is 0 Å². The SMILES string of the molecule is Cc1cc(=O)c(C(=O)Nc2nc3ccccc3n2C2CCCC2)c[nH]1. The van der Waals surface area contributed by atoms with Crippen LogP contribution in [0.25, 0.3) is 11.0 Å². The monoisotopic (exact) mass is 336 g/mol. The number of hydrogen-bond donors (Lipinski definition) is 2. The number of H-pyrrole nitrogens is 1. The number of pyridine rings is 1. The zero-order chi connectivity index (χ0) is 17.4. The lowest BCUT2D eigenvalue weighted by Crippen LogP contribution is -2.23. The summed E-state index contributed by atoms with van der Waals surface area (Å²) in [4.78, 5) is 32.2. The second-order valence-corrected chi connectivity index (χ2v) is 6.58. The molecule has 2 aromatic heterocycles. The van der Waals surface area contributed by atoms with Crippen molar-refractivity contribution in [2.45, 2.75) is 38.6 Å². The zero-order valence-electron chi connectivity index (χ0n) is 14.1. The van der Waals surface area contributed by atoms with Crippen LogP contribution in [-0.4, -0.2) is 20.4 Å². The molecule has 1 aliphatic carbocycles. The van der Waals surface area contributed by atoms with E-state index < -0.39 is 5.91 Å². The van der Waals surface area contributed by atoms with E-state index in [0.29, 0.717) is 12.0 Å². The number of aromatic nitrogens is 3. The fraction of sp³-hybridized carbons (Fsp3) is 0.316. The normalized spacial score (nSPS) is 14.9. The van der Waals surface area contributed by atoms with Gasteiger partial charge in [-0.3, -0.25) is 14.9 Å². The Labute approximate surface area is 144 Å². The summed E-state index contributed by atoms with van der Waals surface area (Å²) in [6.07, 6.45) is 5.97. The topological polar surface area (TPSA) is 79.8 Å².